The lowest BCUT2D eigenvalue weighted by Crippen LogP contribution is -2.24. The number of halogens is 1. The van der Waals surface area contributed by atoms with Gasteiger partial charge in [-0.1, -0.05) is 26.8 Å². The SMILES string of the molecule is CC(C)Nc1cc(Oc2ccc(NC(=O)Nc3cc(C(C)(C)C)nn3-c3ccc4c(c3)CCNC4)c(F)c2)ccn1. The highest BCUT2D eigenvalue weighted by atomic mass is 19.1. The number of hydrogen-bond donors (Lipinski definition) is 4. The number of nitrogens with zero attached hydrogens (tertiary/aromatic N) is 3. The van der Waals surface area contributed by atoms with E-state index in [-0.39, 0.29) is 17.1 Å². The molecule has 4 N–H and O–H groups in total. The lowest BCUT2D eigenvalue weighted by atomic mass is 9.92. The topological polar surface area (TPSA) is 105 Å². The molecule has 214 valence electrons. The normalized spacial score (nSPS) is 13.0. The average Bonchev–Trinajstić information content (AvgIpc) is 3.34. The zero-order valence-electron chi connectivity index (χ0n) is 24.0. The molecular weight excluding hydrogens is 521 g/mol. The van der Waals surface area contributed by atoms with Crippen molar-refractivity contribution in [1.82, 2.24) is 20.1 Å². The highest BCUT2D eigenvalue weighted by molar-refractivity contribution is 5.99. The number of rotatable bonds is 7. The first-order valence-electron chi connectivity index (χ1n) is 13.8. The number of anilines is 3. The van der Waals surface area contributed by atoms with E-state index in [1.54, 1.807) is 29.1 Å². The molecule has 9 nitrogen and oxygen atoms in total. The Morgan fingerprint density at radius 3 is 2.59 bits per heavy atom. The van der Waals surface area contributed by atoms with Gasteiger partial charge >= 0.3 is 6.03 Å². The molecule has 0 spiro atoms. The van der Waals surface area contributed by atoms with Gasteiger partial charge in [0, 0.05) is 42.4 Å². The van der Waals surface area contributed by atoms with E-state index in [4.69, 9.17) is 9.84 Å². The van der Waals surface area contributed by atoms with Gasteiger partial charge < -0.3 is 20.7 Å². The van der Waals surface area contributed by atoms with Crippen molar-refractivity contribution in [2.24, 2.45) is 0 Å². The monoisotopic (exact) mass is 557 g/mol. The molecule has 0 saturated heterocycles. The Balaban J connectivity index is 1.32. The second kappa shape index (κ2) is 11.6. The largest absolute Gasteiger partial charge is 0.457 e. The Morgan fingerprint density at radius 2 is 1.83 bits per heavy atom. The summed E-state index contributed by atoms with van der Waals surface area (Å²) in [5, 5.41) is 16.9. The Bertz CT molecular complexity index is 1560. The fraction of sp³-hybridized carbons (Fsp3) is 0.323. The Labute approximate surface area is 239 Å². The number of benzene rings is 2. The molecule has 1 aliphatic rings. The van der Waals surface area contributed by atoms with Crippen molar-refractivity contribution in [3.05, 3.63) is 83.4 Å². The van der Waals surface area contributed by atoms with Gasteiger partial charge in [-0.2, -0.15) is 5.10 Å². The molecule has 0 saturated carbocycles. The number of carbonyl (C=O) groups excluding carboxylic acids is 1. The third kappa shape index (κ3) is 6.83. The third-order valence-electron chi connectivity index (χ3n) is 6.63. The highest BCUT2D eigenvalue weighted by Crippen LogP contribution is 2.29. The van der Waals surface area contributed by atoms with Crippen LogP contribution < -0.4 is 26.0 Å². The van der Waals surface area contributed by atoms with E-state index < -0.39 is 11.8 Å². The molecule has 2 aromatic heterocycles. The molecular formula is C31H36FN7O2. The number of nitrogens with one attached hydrogen (secondary N) is 4. The molecule has 5 rings (SSSR count). The number of fused-ring (bicyclic) bond motifs is 1. The van der Waals surface area contributed by atoms with E-state index in [0.29, 0.717) is 23.1 Å². The minimum Gasteiger partial charge on any atom is -0.457 e. The quantitative estimate of drug-likeness (QED) is 0.204. The number of aromatic nitrogens is 3. The molecule has 41 heavy (non-hydrogen) atoms. The van der Waals surface area contributed by atoms with Crippen LogP contribution in [0.25, 0.3) is 5.69 Å². The van der Waals surface area contributed by atoms with Crippen LogP contribution in [-0.4, -0.2) is 33.4 Å². The fourth-order valence-electron chi connectivity index (χ4n) is 4.54. The van der Waals surface area contributed by atoms with E-state index in [1.807, 2.05) is 26.0 Å². The first-order chi connectivity index (χ1) is 19.5. The standard InChI is InChI=1S/C31H36FN7O2/c1-19(2)35-28-16-24(11-13-34-28)41-23-8-9-26(25(32)15-23)36-30(40)37-29-17-27(31(3,4)5)38-39(29)22-7-6-21-18-33-12-10-20(21)14-22/h6-9,11,13-17,19,33H,10,12,18H2,1-5H3,(H,34,35)(H2,36,37,40). The number of ether oxygens (including phenoxy) is 1. The molecule has 0 bridgehead atoms. The van der Waals surface area contributed by atoms with Gasteiger partial charge in [-0.25, -0.2) is 18.9 Å². The van der Waals surface area contributed by atoms with Crippen LogP contribution in [0, 0.1) is 5.82 Å². The number of hydrogen-bond acceptors (Lipinski definition) is 6. The summed E-state index contributed by atoms with van der Waals surface area (Å²) in [5.74, 6) is 1.34. The van der Waals surface area contributed by atoms with Gasteiger partial charge in [-0.05, 0) is 68.3 Å². The maximum atomic E-state index is 15.0. The van der Waals surface area contributed by atoms with E-state index in [9.17, 15) is 9.18 Å². The van der Waals surface area contributed by atoms with Crippen LogP contribution in [0.4, 0.5) is 26.5 Å². The molecule has 3 heterocycles. The fourth-order valence-corrected chi connectivity index (χ4v) is 4.54. The number of amides is 2. The maximum absolute atomic E-state index is 15.0. The summed E-state index contributed by atoms with van der Waals surface area (Å²) < 4.78 is 22.5. The summed E-state index contributed by atoms with van der Waals surface area (Å²) in [6.07, 6.45) is 2.55. The predicted octanol–water partition coefficient (Wildman–Crippen LogP) is 6.61. The Hall–Kier alpha value is -4.44. The van der Waals surface area contributed by atoms with E-state index in [1.165, 1.54) is 23.3 Å². The van der Waals surface area contributed by atoms with Crippen LogP contribution >= 0.6 is 0 Å². The van der Waals surface area contributed by atoms with Crippen LogP contribution in [0.2, 0.25) is 0 Å². The number of pyridine rings is 1. The van der Waals surface area contributed by atoms with Crippen LogP contribution in [0.15, 0.2) is 60.8 Å². The smallest absolute Gasteiger partial charge is 0.324 e. The molecule has 2 amide bonds. The molecule has 2 aromatic carbocycles. The van der Waals surface area contributed by atoms with Gasteiger partial charge in [-0.3, -0.25) is 5.32 Å². The predicted molar refractivity (Wildman–Crippen MR) is 160 cm³/mol. The average molecular weight is 558 g/mol. The van der Waals surface area contributed by atoms with Gasteiger partial charge in [-0.15, -0.1) is 0 Å². The van der Waals surface area contributed by atoms with Crippen LogP contribution in [-0.2, 0) is 18.4 Å². The lowest BCUT2D eigenvalue weighted by Gasteiger charge is -2.18. The van der Waals surface area contributed by atoms with Crippen molar-refractivity contribution >= 4 is 23.4 Å². The molecule has 0 radical (unpaired) electrons. The molecule has 0 unspecified atom stereocenters. The minimum atomic E-state index is -0.626. The second-order valence-electron chi connectivity index (χ2n) is 11.5. The summed E-state index contributed by atoms with van der Waals surface area (Å²) in [4.78, 5) is 17.3. The van der Waals surface area contributed by atoms with Gasteiger partial charge in [0.05, 0.1) is 17.1 Å². The molecule has 0 atom stereocenters. The van der Waals surface area contributed by atoms with Gasteiger partial charge in [0.1, 0.15) is 29.0 Å². The van der Waals surface area contributed by atoms with Crippen molar-refractivity contribution in [3.63, 3.8) is 0 Å². The van der Waals surface area contributed by atoms with Crippen molar-refractivity contribution in [2.45, 2.75) is 59.0 Å². The first kappa shape index (κ1) is 28.1. The van der Waals surface area contributed by atoms with E-state index in [0.717, 1.165) is 30.9 Å². The van der Waals surface area contributed by atoms with E-state index >= 15 is 0 Å². The second-order valence-corrected chi connectivity index (χ2v) is 11.5. The van der Waals surface area contributed by atoms with E-state index in [2.05, 4.69) is 59.2 Å². The molecule has 0 aliphatic carbocycles. The summed E-state index contributed by atoms with van der Waals surface area (Å²) in [7, 11) is 0. The van der Waals surface area contributed by atoms with Crippen molar-refractivity contribution < 1.29 is 13.9 Å². The summed E-state index contributed by atoms with van der Waals surface area (Å²) in [6.45, 7) is 12.0. The molecule has 4 aromatic rings. The van der Waals surface area contributed by atoms with Crippen LogP contribution in [0.1, 0.15) is 51.4 Å². The zero-order chi connectivity index (χ0) is 29.1. The van der Waals surface area contributed by atoms with Crippen molar-refractivity contribution in [1.29, 1.82) is 0 Å². The summed E-state index contributed by atoms with van der Waals surface area (Å²) >= 11 is 0. The Kier molecular flexibility index (Phi) is 7.94. The Morgan fingerprint density at radius 1 is 1.02 bits per heavy atom. The first-order valence-corrected chi connectivity index (χ1v) is 13.8. The zero-order valence-corrected chi connectivity index (χ0v) is 24.0. The van der Waals surface area contributed by atoms with Gasteiger partial charge in [0.25, 0.3) is 0 Å². The molecule has 0 fully saturated rings. The minimum absolute atomic E-state index is 0.0233. The number of urea groups is 1. The lowest BCUT2D eigenvalue weighted by molar-refractivity contribution is 0.262. The number of carbonyl (C=O) groups is 1. The third-order valence-corrected chi connectivity index (χ3v) is 6.63. The maximum Gasteiger partial charge on any atom is 0.324 e. The van der Waals surface area contributed by atoms with Gasteiger partial charge in [0.15, 0.2) is 0 Å². The van der Waals surface area contributed by atoms with Crippen molar-refractivity contribution in [3.8, 4) is 17.2 Å². The summed E-state index contributed by atoms with van der Waals surface area (Å²) in [5.41, 5.74) is 3.98. The van der Waals surface area contributed by atoms with Gasteiger partial charge in [0.2, 0.25) is 0 Å². The summed E-state index contributed by atoms with van der Waals surface area (Å²) in [6, 6.07) is 15.4. The molecule has 1 aliphatic heterocycles. The van der Waals surface area contributed by atoms with Crippen LogP contribution in [0.5, 0.6) is 11.5 Å². The highest BCUT2D eigenvalue weighted by Gasteiger charge is 2.22. The van der Waals surface area contributed by atoms with Crippen LogP contribution in [0.3, 0.4) is 0 Å². The molecule has 10 heteroatoms. The van der Waals surface area contributed by atoms with Crippen molar-refractivity contribution in [2.75, 3.05) is 22.5 Å².